The van der Waals surface area contributed by atoms with Crippen molar-refractivity contribution in [2.45, 2.75) is 71.1 Å². The number of carbonyl (C=O) groups is 1. The summed E-state index contributed by atoms with van der Waals surface area (Å²) in [5, 5.41) is 0. The quantitative estimate of drug-likeness (QED) is 0.186. The van der Waals surface area contributed by atoms with Gasteiger partial charge in [-0.1, -0.05) is 79.8 Å². The highest BCUT2D eigenvalue weighted by atomic mass is 16.5. The Balaban J connectivity index is 1.94. The number of carbonyl (C=O) groups excluding carboxylic acids is 1. The number of hydrogen-bond acceptors (Lipinski definition) is 3. The molecule has 0 aromatic carbocycles. The van der Waals surface area contributed by atoms with Gasteiger partial charge in [0.05, 0.1) is 6.61 Å². The van der Waals surface area contributed by atoms with Crippen molar-refractivity contribution in [1.82, 2.24) is 4.90 Å². The second-order valence-corrected chi connectivity index (χ2v) is 8.38. The first-order valence-corrected chi connectivity index (χ1v) is 12.5. The van der Waals surface area contributed by atoms with Gasteiger partial charge in [-0.2, -0.15) is 0 Å². The van der Waals surface area contributed by atoms with E-state index in [-0.39, 0.29) is 5.97 Å². The van der Waals surface area contributed by atoms with Crippen LogP contribution in [0.1, 0.15) is 71.1 Å². The van der Waals surface area contributed by atoms with Crippen LogP contribution in [0.25, 0.3) is 0 Å². The maximum absolute atomic E-state index is 11.8. The third-order valence-corrected chi connectivity index (χ3v) is 5.43. The van der Waals surface area contributed by atoms with Crippen molar-refractivity contribution in [3.63, 3.8) is 0 Å². The van der Waals surface area contributed by atoms with E-state index in [0.29, 0.717) is 18.9 Å². The molecule has 1 aliphatic heterocycles. The Kier molecular flexibility index (Phi) is 18.1. The van der Waals surface area contributed by atoms with Gasteiger partial charge >= 0.3 is 5.97 Å². The summed E-state index contributed by atoms with van der Waals surface area (Å²) in [6, 6.07) is 0. The Bertz CT molecular complexity index is 632. The average Bonchev–Trinajstić information content (AvgIpc) is 2.80. The van der Waals surface area contributed by atoms with Crippen molar-refractivity contribution < 1.29 is 9.53 Å². The summed E-state index contributed by atoms with van der Waals surface area (Å²) in [5.41, 5.74) is 0. The molecule has 1 rings (SSSR count). The van der Waals surface area contributed by atoms with E-state index in [9.17, 15) is 4.79 Å². The molecule has 1 saturated heterocycles. The first-order chi connectivity index (χ1) is 15.7. The van der Waals surface area contributed by atoms with E-state index in [0.717, 1.165) is 70.9 Å². The Hall–Kier alpha value is -2.13. The molecule has 0 saturated carbocycles. The molecule has 1 aliphatic rings. The van der Waals surface area contributed by atoms with Crippen LogP contribution in [-0.4, -0.2) is 37.6 Å². The number of allylic oxidation sites excluding steroid dienone is 12. The molecule has 0 unspecified atom stereocenters. The average molecular weight is 440 g/mol. The topological polar surface area (TPSA) is 29.5 Å². The Morgan fingerprint density at radius 2 is 1.19 bits per heavy atom. The van der Waals surface area contributed by atoms with E-state index in [1.807, 2.05) is 0 Å². The number of piperidine rings is 1. The standard InChI is InChI=1S/C29H45NO2/c1-3-4-5-6-7-8-9-10-11-12-13-14-15-16-17-18-19-20-21-22-29(31)32-27-28-23-25-30(2)26-24-28/h4-5,7-8,10-11,13-14,16-17,19-20,28H,3,6,9,12,15,18,21-27H2,1-2H3/b5-4-,8-7-,11-10-,14-13-,17-16-,20-19-. The first-order valence-electron chi connectivity index (χ1n) is 12.5. The molecule has 0 bridgehead atoms. The summed E-state index contributed by atoms with van der Waals surface area (Å²) in [6.45, 7) is 4.97. The van der Waals surface area contributed by atoms with Crippen LogP contribution in [0, 0.1) is 5.92 Å². The third kappa shape index (κ3) is 17.5. The van der Waals surface area contributed by atoms with Crippen molar-refractivity contribution >= 4 is 5.97 Å². The summed E-state index contributed by atoms with van der Waals surface area (Å²) < 4.78 is 5.43. The van der Waals surface area contributed by atoms with Crippen molar-refractivity contribution in [2.24, 2.45) is 5.92 Å². The van der Waals surface area contributed by atoms with E-state index >= 15 is 0 Å². The van der Waals surface area contributed by atoms with Gasteiger partial charge in [0, 0.05) is 6.42 Å². The summed E-state index contributed by atoms with van der Waals surface area (Å²) in [7, 11) is 2.15. The molecule has 0 aromatic heterocycles. The van der Waals surface area contributed by atoms with Crippen molar-refractivity contribution in [2.75, 3.05) is 26.7 Å². The Morgan fingerprint density at radius 3 is 1.66 bits per heavy atom. The fraction of sp³-hybridized carbons (Fsp3) is 0.552. The van der Waals surface area contributed by atoms with Gasteiger partial charge < -0.3 is 9.64 Å². The highest BCUT2D eigenvalue weighted by Crippen LogP contribution is 2.16. The first kappa shape index (κ1) is 27.9. The predicted octanol–water partition coefficient (Wildman–Crippen LogP) is 7.35. The van der Waals surface area contributed by atoms with Gasteiger partial charge in [-0.3, -0.25) is 4.79 Å². The summed E-state index contributed by atoms with van der Waals surface area (Å²) >= 11 is 0. The van der Waals surface area contributed by atoms with Crippen LogP contribution in [0.4, 0.5) is 0 Å². The lowest BCUT2D eigenvalue weighted by Gasteiger charge is -2.28. The van der Waals surface area contributed by atoms with Gasteiger partial charge in [0.1, 0.15) is 0 Å². The zero-order valence-corrected chi connectivity index (χ0v) is 20.5. The zero-order chi connectivity index (χ0) is 23.1. The van der Waals surface area contributed by atoms with Gasteiger partial charge in [-0.25, -0.2) is 0 Å². The number of ether oxygens (including phenoxy) is 1. The number of esters is 1. The lowest BCUT2D eigenvalue weighted by Crippen LogP contribution is -2.32. The van der Waals surface area contributed by atoms with E-state index in [1.54, 1.807) is 0 Å². The Morgan fingerprint density at radius 1 is 0.750 bits per heavy atom. The molecule has 0 spiro atoms. The number of hydrogen-bond donors (Lipinski definition) is 0. The fourth-order valence-corrected chi connectivity index (χ4v) is 3.35. The molecule has 32 heavy (non-hydrogen) atoms. The molecule has 0 amide bonds. The largest absolute Gasteiger partial charge is 0.465 e. The second kappa shape index (κ2) is 20.8. The minimum atomic E-state index is -0.0662. The Labute approximate surface area is 197 Å². The van der Waals surface area contributed by atoms with Gasteiger partial charge in [0.25, 0.3) is 0 Å². The van der Waals surface area contributed by atoms with Crippen LogP contribution in [-0.2, 0) is 9.53 Å². The molecule has 0 aliphatic carbocycles. The second-order valence-electron chi connectivity index (χ2n) is 8.38. The minimum absolute atomic E-state index is 0.0662. The van der Waals surface area contributed by atoms with Gasteiger partial charge in [-0.15, -0.1) is 0 Å². The van der Waals surface area contributed by atoms with Crippen molar-refractivity contribution in [3.05, 3.63) is 72.9 Å². The number of likely N-dealkylation sites (tertiary alicyclic amines) is 1. The van der Waals surface area contributed by atoms with E-state index < -0.39 is 0 Å². The molecular formula is C29H45NO2. The molecule has 0 atom stereocenters. The monoisotopic (exact) mass is 439 g/mol. The van der Waals surface area contributed by atoms with Crippen LogP contribution in [0.5, 0.6) is 0 Å². The summed E-state index contributed by atoms with van der Waals surface area (Å²) in [6.07, 6.45) is 35.8. The lowest BCUT2D eigenvalue weighted by molar-refractivity contribution is -0.145. The zero-order valence-electron chi connectivity index (χ0n) is 20.5. The van der Waals surface area contributed by atoms with Gasteiger partial charge in [0.2, 0.25) is 0 Å². The SMILES string of the molecule is CC/C=C\C/C=C\C/C=C\C/C=C\C/C=C\C/C=C\CCC(=O)OCC1CCN(C)CC1. The maximum atomic E-state index is 11.8. The predicted molar refractivity (Wildman–Crippen MR) is 139 cm³/mol. The minimum Gasteiger partial charge on any atom is -0.465 e. The van der Waals surface area contributed by atoms with Crippen LogP contribution in [0.2, 0.25) is 0 Å². The van der Waals surface area contributed by atoms with E-state index in [2.05, 4.69) is 91.8 Å². The molecule has 1 fully saturated rings. The van der Waals surface area contributed by atoms with E-state index in [4.69, 9.17) is 4.74 Å². The molecule has 3 heteroatoms. The summed E-state index contributed by atoms with van der Waals surface area (Å²) in [5.74, 6) is 0.476. The number of rotatable bonds is 16. The number of nitrogens with zero attached hydrogens (tertiary/aromatic N) is 1. The molecular weight excluding hydrogens is 394 g/mol. The van der Waals surface area contributed by atoms with Crippen molar-refractivity contribution in [1.29, 1.82) is 0 Å². The third-order valence-electron chi connectivity index (χ3n) is 5.43. The highest BCUT2D eigenvalue weighted by molar-refractivity contribution is 5.69. The smallest absolute Gasteiger partial charge is 0.306 e. The van der Waals surface area contributed by atoms with Crippen LogP contribution < -0.4 is 0 Å². The fourth-order valence-electron chi connectivity index (χ4n) is 3.35. The van der Waals surface area contributed by atoms with Crippen LogP contribution >= 0.6 is 0 Å². The normalized spacial score (nSPS) is 16.8. The van der Waals surface area contributed by atoms with E-state index in [1.165, 1.54) is 0 Å². The molecule has 1 heterocycles. The molecule has 3 nitrogen and oxygen atoms in total. The van der Waals surface area contributed by atoms with Gasteiger partial charge in [-0.05, 0) is 83.8 Å². The van der Waals surface area contributed by atoms with Gasteiger partial charge in [0.15, 0.2) is 0 Å². The molecule has 0 N–H and O–H groups in total. The van der Waals surface area contributed by atoms with Crippen LogP contribution in [0.3, 0.4) is 0 Å². The molecule has 0 radical (unpaired) electrons. The maximum Gasteiger partial charge on any atom is 0.306 e. The van der Waals surface area contributed by atoms with Crippen LogP contribution in [0.15, 0.2) is 72.9 Å². The molecule has 178 valence electrons. The van der Waals surface area contributed by atoms with Crippen molar-refractivity contribution in [3.8, 4) is 0 Å². The highest BCUT2D eigenvalue weighted by Gasteiger charge is 2.17. The summed E-state index contributed by atoms with van der Waals surface area (Å²) in [4.78, 5) is 14.2. The lowest BCUT2D eigenvalue weighted by atomic mass is 9.98. The molecule has 0 aromatic rings.